The van der Waals surface area contributed by atoms with E-state index < -0.39 is 24.1 Å². The smallest absolute Gasteiger partial charge is 0.320 e. The van der Waals surface area contributed by atoms with Gasteiger partial charge in [-0.3, -0.25) is 10.2 Å². The summed E-state index contributed by atoms with van der Waals surface area (Å²) in [5.74, 6) is 0.526. The average molecular weight is 645 g/mol. The summed E-state index contributed by atoms with van der Waals surface area (Å²) in [5.41, 5.74) is 3.44. The number of rotatable bonds is 9. The first-order valence-electron chi connectivity index (χ1n) is 15.6. The molecule has 14 nitrogen and oxygen atoms in total. The molecule has 2 bridgehead atoms. The number of hydroxylamine groups is 2. The number of aromatic nitrogens is 5. The summed E-state index contributed by atoms with van der Waals surface area (Å²) >= 11 is 0. The van der Waals surface area contributed by atoms with E-state index in [0.717, 1.165) is 29.9 Å². The number of fused-ring (bicyclic) bond motifs is 2. The Labute approximate surface area is 271 Å². The van der Waals surface area contributed by atoms with E-state index in [4.69, 9.17) is 29.4 Å². The van der Waals surface area contributed by atoms with Crippen LogP contribution in [-0.2, 0) is 14.3 Å². The molecule has 3 N–H and O–H groups in total. The van der Waals surface area contributed by atoms with Crippen LogP contribution in [0, 0.1) is 12.9 Å². The molecule has 4 atom stereocenters. The Hall–Kier alpha value is -4.54. The molecule has 0 spiro atoms. The molecule has 0 unspecified atom stereocenters. The zero-order valence-corrected chi connectivity index (χ0v) is 26.2. The molecule has 2 amide bonds. The average Bonchev–Trinajstić information content (AvgIpc) is 3.64. The lowest BCUT2D eigenvalue weighted by atomic mass is 10.0. The van der Waals surface area contributed by atoms with Gasteiger partial charge in [-0.15, -0.1) is 0 Å². The number of nitrogens with zero attached hydrogens (tertiary/aromatic N) is 7. The third kappa shape index (κ3) is 6.80. The number of halogens is 1. The van der Waals surface area contributed by atoms with Crippen LogP contribution in [-0.4, -0.2) is 107 Å². The second-order valence-corrected chi connectivity index (χ2v) is 11.9. The van der Waals surface area contributed by atoms with Crippen molar-refractivity contribution in [3.8, 4) is 16.9 Å². The predicted molar refractivity (Wildman–Crippen MR) is 170 cm³/mol. The van der Waals surface area contributed by atoms with E-state index in [2.05, 4.69) is 25.8 Å². The normalized spacial score (nSPS) is 22.7. The molecule has 3 aromatic heterocycles. The molecule has 1 aromatic carbocycles. The summed E-state index contributed by atoms with van der Waals surface area (Å²) in [6.07, 6.45) is 4.30. The molecule has 0 saturated carbocycles. The summed E-state index contributed by atoms with van der Waals surface area (Å²) in [4.78, 5) is 35.0. The molecule has 3 fully saturated rings. The fourth-order valence-electron chi connectivity index (χ4n) is 6.29. The molecule has 15 heteroatoms. The van der Waals surface area contributed by atoms with Gasteiger partial charge in [0.05, 0.1) is 31.5 Å². The quantitative estimate of drug-likeness (QED) is 0.231. The van der Waals surface area contributed by atoms with Gasteiger partial charge in [0, 0.05) is 75.1 Å². The molecule has 6 heterocycles. The topological polar surface area (TPSA) is 144 Å². The van der Waals surface area contributed by atoms with Crippen LogP contribution in [0.5, 0.6) is 0 Å². The zero-order chi connectivity index (χ0) is 32.3. The van der Waals surface area contributed by atoms with E-state index in [9.17, 15) is 9.18 Å². The molecule has 3 aliphatic heterocycles. The third-order valence-corrected chi connectivity index (χ3v) is 8.51. The minimum atomic E-state index is -0.623. The summed E-state index contributed by atoms with van der Waals surface area (Å²) in [7, 11) is 1.61. The number of nitrogens with one attached hydrogen (secondary N) is 3. The van der Waals surface area contributed by atoms with Gasteiger partial charge >= 0.3 is 6.03 Å². The van der Waals surface area contributed by atoms with Crippen LogP contribution in [0.2, 0.25) is 0 Å². The van der Waals surface area contributed by atoms with E-state index in [-0.39, 0.29) is 12.1 Å². The van der Waals surface area contributed by atoms with Crippen molar-refractivity contribution in [3.05, 3.63) is 78.1 Å². The fraction of sp³-hybridized carbons (Fsp3) is 0.406. The Morgan fingerprint density at radius 2 is 1.85 bits per heavy atom. The minimum Gasteiger partial charge on any atom is -0.383 e. The van der Waals surface area contributed by atoms with Crippen LogP contribution in [0.1, 0.15) is 17.2 Å². The van der Waals surface area contributed by atoms with E-state index in [0.29, 0.717) is 55.9 Å². The highest BCUT2D eigenvalue weighted by atomic mass is 19.1. The number of benzene rings is 1. The van der Waals surface area contributed by atoms with E-state index >= 15 is 0 Å². The van der Waals surface area contributed by atoms with Crippen molar-refractivity contribution in [2.24, 2.45) is 0 Å². The van der Waals surface area contributed by atoms with Gasteiger partial charge in [-0.25, -0.2) is 24.4 Å². The van der Waals surface area contributed by atoms with Crippen LogP contribution in [0.3, 0.4) is 0 Å². The molecule has 3 aliphatic rings. The van der Waals surface area contributed by atoms with Gasteiger partial charge in [-0.1, -0.05) is 18.2 Å². The number of para-hydroxylation sites is 1. The maximum absolute atomic E-state index is 14.0. The van der Waals surface area contributed by atoms with Crippen molar-refractivity contribution >= 4 is 17.8 Å². The summed E-state index contributed by atoms with van der Waals surface area (Å²) in [6.45, 7) is 6.08. The molecule has 246 valence electrons. The number of ether oxygens (including phenoxy) is 2. The number of carbonyl (C=O) groups excluding carboxylic acids is 1. The summed E-state index contributed by atoms with van der Waals surface area (Å²) in [6, 6.07) is 12.1. The van der Waals surface area contributed by atoms with Crippen LogP contribution in [0.15, 0.2) is 61.1 Å². The first kappa shape index (κ1) is 31.1. The maximum atomic E-state index is 14.0. The highest BCUT2D eigenvalue weighted by Gasteiger charge is 2.37. The fourth-order valence-corrected chi connectivity index (χ4v) is 6.29. The van der Waals surface area contributed by atoms with Crippen LogP contribution < -0.4 is 20.9 Å². The number of pyridine rings is 1. The number of carbonyl (C=O) groups is 1. The van der Waals surface area contributed by atoms with Gasteiger partial charge in [0.1, 0.15) is 17.6 Å². The van der Waals surface area contributed by atoms with Gasteiger partial charge in [-0.2, -0.15) is 14.6 Å². The number of anilines is 2. The number of morpholine rings is 1. The lowest BCUT2D eigenvalue weighted by Crippen LogP contribution is -2.63. The Kier molecular flexibility index (Phi) is 9.04. The Balaban J connectivity index is 1.13. The Morgan fingerprint density at radius 3 is 2.57 bits per heavy atom. The number of amides is 2. The van der Waals surface area contributed by atoms with Crippen molar-refractivity contribution in [2.75, 3.05) is 63.3 Å². The molecule has 7 rings (SSSR count). The predicted octanol–water partition coefficient (Wildman–Crippen LogP) is 2.47. The van der Waals surface area contributed by atoms with Crippen molar-refractivity contribution in [2.45, 2.75) is 31.2 Å². The molecular formula is C32H37FN10O4. The van der Waals surface area contributed by atoms with Gasteiger partial charge in [0.2, 0.25) is 11.9 Å². The number of hydrogen-bond donors (Lipinski definition) is 3. The van der Waals surface area contributed by atoms with Crippen molar-refractivity contribution in [3.63, 3.8) is 0 Å². The molecular weight excluding hydrogens is 607 g/mol. The standard InChI is InChI=1S/C32H37FN10O4/c1-20-28(22-13-35-31(36-14-22)41-15-23-18-46-19-24(16-41)37-23)40-43(25-6-4-3-5-7-25)30(20)39-32(44)38-26-17-42(10-11-45-2)47-29(26)21-8-9-34-27(33)12-21/h3-9,12-14,23-24,26,29,37H,10-11,15-19H2,1-2H3,(H2,38,39,44)/t23-,24+,26-,29+/m1/s1. The second-order valence-electron chi connectivity index (χ2n) is 11.9. The minimum absolute atomic E-state index is 0.250. The van der Waals surface area contributed by atoms with Crippen molar-refractivity contribution in [1.29, 1.82) is 0 Å². The number of hydrogen-bond acceptors (Lipinski definition) is 11. The monoisotopic (exact) mass is 644 g/mol. The highest BCUT2D eigenvalue weighted by Crippen LogP contribution is 2.32. The van der Waals surface area contributed by atoms with Gasteiger partial charge in [0.25, 0.3) is 0 Å². The van der Waals surface area contributed by atoms with Gasteiger partial charge < -0.3 is 25.0 Å². The zero-order valence-electron chi connectivity index (χ0n) is 26.2. The lowest BCUT2D eigenvalue weighted by Gasteiger charge is -2.42. The van der Waals surface area contributed by atoms with Crippen LogP contribution in [0.4, 0.5) is 21.0 Å². The molecule has 3 saturated heterocycles. The SMILES string of the molecule is COCCN1C[C@@H](NC(=O)Nc2c(C)c(-c3cnc(N4C[C@H]5COC[C@@H](C4)N5)nc3)nn2-c2ccccc2)[C@H](c2ccnc(F)c2)O1. The number of piperazine rings is 1. The second kappa shape index (κ2) is 13.7. The Morgan fingerprint density at radius 1 is 1.09 bits per heavy atom. The molecule has 0 aliphatic carbocycles. The highest BCUT2D eigenvalue weighted by molar-refractivity contribution is 5.91. The maximum Gasteiger partial charge on any atom is 0.320 e. The van der Waals surface area contributed by atoms with Crippen LogP contribution >= 0.6 is 0 Å². The summed E-state index contributed by atoms with van der Waals surface area (Å²) in [5, 5.41) is 16.2. The van der Waals surface area contributed by atoms with E-state index in [1.165, 1.54) is 12.3 Å². The van der Waals surface area contributed by atoms with Crippen molar-refractivity contribution < 1.29 is 23.5 Å². The largest absolute Gasteiger partial charge is 0.383 e. The van der Waals surface area contributed by atoms with E-state index in [1.807, 2.05) is 37.3 Å². The number of urea groups is 1. The number of methoxy groups -OCH3 is 1. The first-order valence-corrected chi connectivity index (χ1v) is 15.6. The molecule has 0 radical (unpaired) electrons. The third-order valence-electron chi connectivity index (χ3n) is 8.51. The summed E-state index contributed by atoms with van der Waals surface area (Å²) < 4.78 is 26.6. The Bertz CT molecular complexity index is 1680. The first-order chi connectivity index (χ1) is 22.9. The molecule has 47 heavy (non-hydrogen) atoms. The van der Waals surface area contributed by atoms with E-state index in [1.54, 1.807) is 35.3 Å². The lowest BCUT2D eigenvalue weighted by molar-refractivity contribution is -0.154. The van der Waals surface area contributed by atoms with Gasteiger partial charge in [-0.05, 0) is 36.8 Å². The van der Waals surface area contributed by atoms with Crippen molar-refractivity contribution in [1.82, 2.24) is 40.4 Å². The van der Waals surface area contributed by atoms with Gasteiger partial charge in [0.15, 0.2) is 0 Å². The molecule has 4 aromatic rings. The van der Waals surface area contributed by atoms with Crippen LogP contribution in [0.25, 0.3) is 16.9 Å².